The van der Waals surface area contributed by atoms with Crippen LogP contribution in [-0.4, -0.2) is 59.2 Å². The van der Waals surface area contributed by atoms with Crippen molar-refractivity contribution < 1.29 is 34.0 Å². The van der Waals surface area contributed by atoms with Gasteiger partial charge in [0.15, 0.2) is 17.3 Å². The van der Waals surface area contributed by atoms with Gasteiger partial charge in [0.05, 0.1) is 42.2 Å². The highest BCUT2D eigenvalue weighted by molar-refractivity contribution is 6.22. The van der Waals surface area contributed by atoms with E-state index >= 15 is 0 Å². The number of aliphatic hydroxyl groups excluding tert-OH is 1. The monoisotopic (exact) mass is 458 g/mol. The zero-order valence-electron chi connectivity index (χ0n) is 19.9. The summed E-state index contributed by atoms with van der Waals surface area (Å²) in [4.78, 5) is 13.4. The number of carbonyl (C=O) groups excluding carboxylic acids is 1. The third-order valence-corrected chi connectivity index (χ3v) is 6.77. The van der Waals surface area contributed by atoms with Gasteiger partial charge in [-0.2, -0.15) is 0 Å². The van der Waals surface area contributed by atoms with Crippen molar-refractivity contribution in [2.75, 3.05) is 13.7 Å². The second kappa shape index (κ2) is 8.78. The number of Topliss-reactive ketones (excluding diaryl/α,β-unsaturated/α-hetero) is 1. The molecule has 1 fully saturated rings. The highest BCUT2D eigenvalue weighted by Gasteiger charge is 2.46. The largest absolute Gasteiger partial charge is 0.496 e. The van der Waals surface area contributed by atoms with Gasteiger partial charge in [-0.15, -0.1) is 0 Å². The van der Waals surface area contributed by atoms with Crippen LogP contribution < -0.4 is 9.47 Å². The van der Waals surface area contributed by atoms with Gasteiger partial charge < -0.3 is 29.2 Å². The standard InChI is InChI=1S/C26H34O7/c1-25(2)9-8-16-10-17-21(12-20(16)33-25)31-13-18(24(17)28)15-6-7-19(22(11-15)30-5)32-14-23(27)26(3,4)29/h6-9,11,13,16-17,20-21,23,27,29H,10,12,14H2,1-5H3. The van der Waals surface area contributed by atoms with E-state index < -0.39 is 11.7 Å². The van der Waals surface area contributed by atoms with E-state index in [2.05, 4.69) is 12.2 Å². The van der Waals surface area contributed by atoms with Gasteiger partial charge in [-0.1, -0.05) is 18.2 Å². The quantitative estimate of drug-likeness (QED) is 0.632. The smallest absolute Gasteiger partial charge is 0.173 e. The van der Waals surface area contributed by atoms with E-state index in [1.165, 1.54) is 21.0 Å². The summed E-state index contributed by atoms with van der Waals surface area (Å²) >= 11 is 0. The van der Waals surface area contributed by atoms with Crippen LogP contribution >= 0.6 is 0 Å². The molecule has 5 atom stereocenters. The van der Waals surface area contributed by atoms with Crippen LogP contribution in [0.2, 0.25) is 0 Å². The number of ketones is 1. The third-order valence-electron chi connectivity index (χ3n) is 6.77. The highest BCUT2D eigenvalue weighted by Crippen LogP contribution is 2.44. The molecule has 180 valence electrons. The van der Waals surface area contributed by atoms with Gasteiger partial charge in [0.2, 0.25) is 0 Å². The van der Waals surface area contributed by atoms with Gasteiger partial charge in [0.1, 0.15) is 18.8 Å². The maximum absolute atomic E-state index is 13.4. The normalized spacial score (nSPS) is 29.3. The van der Waals surface area contributed by atoms with Crippen LogP contribution in [-0.2, 0) is 14.3 Å². The molecule has 0 radical (unpaired) electrons. The molecule has 7 heteroatoms. The summed E-state index contributed by atoms with van der Waals surface area (Å²) in [5.74, 6) is 0.903. The van der Waals surface area contributed by atoms with E-state index in [0.29, 0.717) is 35.5 Å². The molecule has 0 aromatic heterocycles. The fourth-order valence-electron chi connectivity index (χ4n) is 4.66. The highest BCUT2D eigenvalue weighted by atomic mass is 16.5. The van der Waals surface area contributed by atoms with Gasteiger partial charge >= 0.3 is 0 Å². The maximum Gasteiger partial charge on any atom is 0.173 e. The Morgan fingerprint density at radius 2 is 1.97 bits per heavy atom. The Hall–Kier alpha value is -2.35. The molecular formula is C26H34O7. The van der Waals surface area contributed by atoms with Crippen molar-refractivity contribution in [3.8, 4) is 11.5 Å². The van der Waals surface area contributed by atoms with Crippen molar-refractivity contribution >= 4 is 11.4 Å². The van der Waals surface area contributed by atoms with Crippen LogP contribution in [0.15, 0.2) is 36.6 Å². The molecule has 5 unspecified atom stereocenters. The first-order valence-corrected chi connectivity index (χ1v) is 11.5. The van der Waals surface area contributed by atoms with Crippen molar-refractivity contribution in [1.29, 1.82) is 0 Å². The molecule has 3 aliphatic rings. The van der Waals surface area contributed by atoms with Crippen molar-refractivity contribution in [2.45, 2.75) is 70.1 Å². The van der Waals surface area contributed by atoms with Gasteiger partial charge in [-0.05, 0) is 51.8 Å². The molecule has 33 heavy (non-hydrogen) atoms. The number of carbonyl (C=O) groups is 1. The topological polar surface area (TPSA) is 94.5 Å². The average molecular weight is 459 g/mol. The molecule has 4 rings (SSSR count). The lowest BCUT2D eigenvalue weighted by atomic mass is 9.71. The first kappa shape index (κ1) is 23.8. The Kier molecular flexibility index (Phi) is 6.33. The third kappa shape index (κ3) is 4.95. The number of hydrogen-bond donors (Lipinski definition) is 2. The number of ether oxygens (including phenoxy) is 4. The van der Waals surface area contributed by atoms with Crippen LogP contribution in [0.25, 0.3) is 5.57 Å². The van der Waals surface area contributed by atoms with Crippen LogP contribution in [0, 0.1) is 11.8 Å². The Labute approximate surface area is 195 Å². The first-order chi connectivity index (χ1) is 15.5. The fourth-order valence-corrected chi connectivity index (χ4v) is 4.66. The summed E-state index contributed by atoms with van der Waals surface area (Å²) in [5.41, 5.74) is -0.383. The van der Waals surface area contributed by atoms with Gasteiger partial charge in [0.25, 0.3) is 0 Å². The SMILES string of the molecule is COc1cc(C2=COC3CC4OC(C)(C)C=CC4CC3C2=O)ccc1OCC(O)C(C)(C)O. The minimum atomic E-state index is -1.28. The number of rotatable bonds is 6. The van der Waals surface area contributed by atoms with Crippen LogP contribution in [0.1, 0.15) is 46.1 Å². The molecule has 1 aromatic rings. The number of methoxy groups -OCH3 is 1. The molecule has 1 aromatic carbocycles. The molecule has 0 spiro atoms. The van der Waals surface area contributed by atoms with Crippen molar-refractivity contribution in [3.05, 3.63) is 42.2 Å². The molecule has 0 amide bonds. The minimum Gasteiger partial charge on any atom is -0.496 e. The first-order valence-electron chi connectivity index (χ1n) is 11.5. The zero-order chi connectivity index (χ0) is 24.0. The minimum absolute atomic E-state index is 0.0600. The second-order valence-corrected chi connectivity index (χ2v) is 10.3. The Balaban J connectivity index is 1.50. The van der Waals surface area contributed by atoms with Gasteiger partial charge in [0, 0.05) is 12.3 Å². The number of hydrogen-bond acceptors (Lipinski definition) is 7. The fraction of sp³-hybridized carbons (Fsp3) is 0.577. The molecular weight excluding hydrogens is 424 g/mol. The molecule has 0 bridgehead atoms. The molecule has 0 saturated heterocycles. The van der Waals surface area contributed by atoms with E-state index in [-0.39, 0.29) is 42.0 Å². The van der Waals surface area contributed by atoms with E-state index in [0.717, 1.165) is 0 Å². The lowest BCUT2D eigenvalue weighted by Gasteiger charge is -2.45. The molecule has 7 nitrogen and oxygen atoms in total. The van der Waals surface area contributed by atoms with Crippen LogP contribution in [0.5, 0.6) is 11.5 Å². The summed E-state index contributed by atoms with van der Waals surface area (Å²) in [6, 6.07) is 5.21. The van der Waals surface area contributed by atoms with Gasteiger partial charge in [-0.25, -0.2) is 0 Å². The van der Waals surface area contributed by atoms with Gasteiger partial charge in [-0.3, -0.25) is 4.79 Å². The Morgan fingerprint density at radius 1 is 1.21 bits per heavy atom. The predicted octanol–water partition coefficient (Wildman–Crippen LogP) is 3.27. The van der Waals surface area contributed by atoms with Crippen LogP contribution in [0.4, 0.5) is 0 Å². The predicted molar refractivity (Wildman–Crippen MR) is 123 cm³/mol. The Morgan fingerprint density at radius 3 is 2.67 bits per heavy atom. The number of allylic oxidation sites excluding steroid dienone is 1. The van der Waals surface area contributed by atoms with Crippen molar-refractivity contribution in [1.82, 2.24) is 0 Å². The lowest BCUT2D eigenvalue weighted by Crippen LogP contribution is -2.49. The summed E-state index contributed by atoms with van der Waals surface area (Å²) in [6.45, 7) is 7.02. The Bertz CT molecular complexity index is 956. The summed E-state index contributed by atoms with van der Waals surface area (Å²) in [7, 11) is 1.51. The lowest BCUT2D eigenvalue weighted by molar-refractivity contribution is -0.141. The van der Waals surface area contributed by atoms with E-state index in [4.69, 9.17) is 18.9 Å². The summed E-state index contributed by atoms with van der Waals surface area (Å²) in [6.07, 6.45) is 6.03. The number of benzene rings is 1. The van der Waals surface area contributed by atoms with Crippen molar-refractivity contribution in [3.63, 3.8) is 0 Å². The second-order valence-electron chi connectivity index (χ2n) is 10.3. The number of aliphatic hydroxyl groups is 2. The van der Waals surface area contributed by atoms with Crippen molar-refractivity contribution in [2.24, 2.45) is 11.8 Å². The maximum atomic E-state index is 13.4. The molecule has 2 N–H and O–H groups in total. The number of fused-ring (bicyclic) bond motifs is 2. The van der Waals surface area contributed by atoms with E-state index in [1.807, 2.05) is 13.8 Å². The zero-order valence-corrected chi connectivity index (χ0v) is 19.9. The average Bonchev–Trinajstić information content (AvgIpc) is 2.75. The molecule has 1 aliphatic carbocycles. The van der Waals surface area contributed by atoms with E-state index in [1.54, 1.807) is 24.5 Å². The summed E-state index contributed by atoms with van der Waals surface area (Å²) < 4.78 is 23.4. The summed E-state index contributed by atoms with van der Waals surface area (Å²) in [5, 5.41) is 19.9. The molecule has 2 aliphatic heterocycles. The molecule has 2 heterocycles. The van der Waals surface area contributed by atoms with Crippen LogP contribution in [0.3, 0.4) is 0 Å². The van der Waals surface area contributed by atoms with E-state index in [9.17, 15) is 15.0 Å². The molecule has 1 saturated carbocycles.